The first-order valence-corrected chi connectivity index (χ1v) is 21.0. The summed E-state index contributed by atoms with van der Waals surface area (Å²) in [7, 11) is 0. The predicted octanol–water partition coefficient (Wildman–Crippen LogP) is 3.62. The van der Waals surface area contributed by atoms with Crippen LogP contribution in [0.15, 0.2) is 42.5 Å². The van der Waals surface area contributed by atoms with Crippen molar-refractivity contribution in [1.82, 2.24) is 38.7 Å². The Bertz CT molecular complexity index is 2720. The van der Waals surface area contributed by atoms with Crippen molar-refractivity contribution in [2.75, 3.05) is 37.1 Å². The van der Waals surface area contributed by atoms with Crippen LogP contribution in [0.25, 0.3) is 22.1 Å². The minimum atomic E-state index is -0.704. The van der Waals surface area contributed by atoms with Crippen molar-refractivity contribution in [2.24, 2.45) is 11.5 Å². The van der Waals surface area contributed by atoms with Crippen LogP contribution in [0, 0.1) is 13.8 Å². The molecule has 0 radical (unpaired) electrons. The number of benzene rings is 2. The maximum atomic E-state index is 14.4. The molecule has 7 rings (SSSR count). The first-order valence-electron chi connectivity index (χ1n) is 21.0. The van der Waals surface area contributed by atoms with Crippen LogP contribution in [0.1, 0.15) is 97.7 Å². The maximum absolute atomic E-state index is 14.4. The third kappa shape index (κ3) is 9.41. The number of amides is 4. The Morgan fingerprint density at radius 2 is 1.44 bits per heavy atom. The average Bonchev–Trinajstić information content (AvgIpc) is 4.00. The van der Waals surface area contributed by atoms with E-state index < -0.39 is 23.6 Å². The summed E-state index contributed by atoms with van der Waals surface area (Å²) in [6.07, 6.45) is 7.02. The Morgan fingerprint density at radius 1 is 0.794 bits per heavy atom. The molecule has 0 unspecified atom stereocenters. The average molecular weight is 865 g/mol. The standard InChI is InChI=1S/C43H52N12O8/c1-4-54-36-29(26(3)51-54)12-6-5-7-15-55-32(20-25(2)50-55)40(60)48-42-46-30-21-27(38(44)58)24-34(63-19-11-17-57)37(30)53(42)14-9-8-13-52-31-22-28(39(45)59)23-33(62-18-10-16-56)35(31)47-43(52)49-41(36)61/h8-9,20-24,56-57H,4-7,10-19H2,1-3H3,(H2,44,58)(H2,45,59)(H,46,48,60)(H,47,49,61)/b9-8+. The van der Waals surface area contributed by atoms with Gasteiger partial charge in [-0.1, -0.05) is 18.6 Å². The second-order valence-electron chi connectivity index (χ2n) is 15.2. The number of hydrogen-bond acceptors (Lipinski definition) is 12. The van der Waals surface area contributed by atoms with Crippen molar-refractivity contribution in [3.63, 3.8) is 0 Å². The second-order valence-corrected chi connectivity index (χ2v) is 15.2. The van der Waals surface area contributed by atoms with E-state index in [4.69, 9.17) is 36.0 Å². The summed E-state index contributed by atoms with van der Waals surface area (Å²) in [5.41, 5.74) is 16.3. The molecular weight excluding hydrogens is 813 g/mol. The van der Waals surface area contributed by atoms with Crippen LogP contribution in [-0.2, 0) is 32.6 Å². The van der Waals surface area contributed by atoms with Gasteiger partial charge in [-0.2, -0.15) is 10.2 Å². The molecule has 0 fully saturated rings. The molecule has 332 valence electrons. The highest BCUT2D eigenvalue weighted by Gasteiger charge is 2.26. The van der Waals surface area contributed by atoms with Crippen molar-refractivity contribution in [2.45, 2.75) is 85.5 Å². The molecule has 4 aromatic heterocycles. The molecule has 0 bridgehead atoms. The SMILES string of the molecule is CCn1nc(C)c2c1C(=O)Nc1nc3c(OCCCO)cc(C(N)=O)cc3n1C/C=C/Cn1c(nc3cc(C(N)=O)cc(OCCCO)c31)NC(=O)c1cc(C)nn1CCCCC2. The van der Waals surface area contributed by atoms with Gasteiger partial charge in [0, 0.05) is 68.9 Å². The summed E-state index contributed by atoms with van der Waals surface area (Å²) in [5.74, 6) is -1.45. The highest BCUT2D eigenvalue weighted by molar-refractivity contribution is 6.06. The highest BCUT2D eigenvalue weighted by atomic mass is 16.5. The molecular formula is C43H52N12O8. The van der Waals surface area contributed by atoms with Gasteiger partial charge < -0.3 is 40.3 Å². The number of nitrogens with zero attached hydrogens (tertiary/aromatic N) is 8. The van der Waals surface area contributed by atoms with E-state index in [9.17, 15) is 29.4 Å². The van der Waals surface area contributed by atoms with Crippen molar-refractivity contribution in [3.05, 3.63) is 81.9 Å². The zero-order chi connectivity index (χ0) is 44.8. The van der Waals surface area contributed by atoms with Crippen LogP contribution in [0.2, 0.25) is 0 Å². The normalized spacial score (nSPS) is 14.5. The predicted molar refractivity (Wildman–Crippen MR) is 233 cm³/mol. The van der Waals surface area contributed by atoms with E-state index in [0.717, 1.165) is 24.1 Å². The van der Waals surface area contributed by atoms with Gasteiger partial charge in [-0.05, 0) is 70.4 Å². The van der Waals surface area contributed by atoms with Crippen LogP contribution in [0.5, 0.6) is 11.5 Å². The van der Waals surface area contributed by atoms with Crippen LogP contribution in [0.3, 0.4) is 0 Å². The lowest BCUT2D eigenvalue weighted by Crippen LogP contribution is -2.21. The van der Waals surface area contributed by atoms with Crippen LogP contribution >= 0.6 is 0 Å². The number of nitrogens with one attached hydrogen (secondary N) is 2. The topological polar surface area (TPSA) is 275 Å². The van der Waals surface area contributed by atoms with Gasteiger partial charge in [0.25, 0.3) is 11.8 Å². The Kier molecular flexibility index (Phi) is 13.5. The summed E-state index contributed by atoms with van der Waals surface area (Å²) in [5, 5.41) is 34.2. The van der Waals surface area contributed by atoms with E-state index in [1.165, 1.54) is 18.2 Å². The van der Waals surface area contributed by atoms with Gasteiger partial charge in [0.1, 0.15) is 33.9 Å². The number of imidazole rings is 2. The number of carbonyl (C=O) groups is 4. The number of allylic oxidation sites excluding steroid dienone is 2. The van der Waals surface area contributed by atoms with E-state index in [0.29, 0.717) is 77.9 Å². The number of aliphatic hydroxyl groups excluding tert-OH is 2. The molecule has 2 aromatic carbocycles. The Balaban J connectivity index is 1.38. The van der Waals surface area contributed by atoms with Crippen molar-refractivity contribution < 1.29 is 38.9 Å². The highest BCUT2D eigenvalue weighted by Crippen LogP contribution is 2.33. The number of primary amides is 2. The number of aromatic nitrogens is 8. The molecule has 8 N–H and O–H groups in total. The van der Waals surface area contributed by atoms with Crippen molar-refractivity contribution in [1.29, 1.82) is 0 Å². The Labute approximate surface area is 361 Å². The van der Waals surface area contributed by atoms with Gasteiger partial charge in [-0.15, -0.1) is 0 Å². The van der Waals surface area contributed by atoms with Crippen molar-refractivity contribution >= 4 is 57.6 Å². The number of anilines is 2. The number of hydrogen-bond donors (Lipinski definition) is 6. The Hall–Kier alpha value is -7.06. The zero-order valence-electron chi connectivity index (χ0n) is 35.5. The van der Waals surface area contributed by atoms with E-state index in [1.54, 1.807) is 30.6 Å². The number of aliphatic hydroxyl groups is 2. The minimum Gasteiger partial charge on any atom is -0.491 e. The van der Waals surface area contributed by atoms with Crippen LogP contribution < -0.4 is 31.6 Å². The number of ether oxygens (including phenoxy) is 2. The summed E-state index contributed by atoms with van der Waals surface area (Å²) in [4.78, 5) is 63.1. The molecule has 20 nitrogen and oxygen atoms in total. The third-order valence-electron chi connectivity index (χ3n) is 10.7. The van der Waals surface area contributed by atoms with Gasteiger partial charge >= 0.3 is 0 Å². The summed E-state index contributed by atoms with van der Waals surface area (Å²) in [6, 6.07) is 7.80. The number of nitrogens with two attached hydrogens (primary N) is 2. The fraction of sp³-hybridized carbons (Fsp3) is 0.395. The largest absolute Gasteiger partial charge is 0.491 e. The number of fused-ring (bicyclic) bond motifs is 8. The number of carbonyl (C=O) groups excluding carboxylic acids is 4. The van der Waals surface area contributed by atoms with E-state index in [-0.39, 0.29) is 74.0 Å². The molecule has 0 spiro atoms. The quantitative estimate of drug-likeness (QED) is 0.0805. The first kappa shape index (κ1) is 44.0. The minimum absolute atomic E-state index is 0.113. The molecule has 4 amide bonds. The molecule has 5 heterocycles. The van der Waals surface area contributed by atoms with Gasteiger partial charge in [-0.3, -0.25) is 39.2 Å². The fourth-order valence-corrected chi connectivity index (χ4v) is 7.70. The van der Waals surface area contributed by atoms with Gasteiger partial charge in [0.05, 0.1) is 35.6 Å². The molecule has 20 heteroatoms. The van der Waals surface area contributed by atoms with E-state index in [1.807, 2.05) is 32.9 Å². The molecule has 0 saturated carbocycles. The molecule has 0 atom stereocenters. The van der Waals surface area contributed by atoms with E-state index >= 15 is 0 Å². The third-order valence-corrected chi connectivity index (χ3v) is 10.7. The number of aryl methyl sites for hydroxylation is 4. The van der Waals surface area contributed by atoms with Gasteiger partial charge in [-0.25, -0.2) is 9.97 Å². The fourth-order valence-electron chi connectivity index (χ4n) is 7.70. The lowest BCUT2D eigenvalue weighted by molar-refractivity contribution is 0.0991. The second kappa shape index (κ2) is 19.3. The Morgan fingerprint density at radius 3 is 2.14 bits per heavy atom. The van der Waals surface area contributed by atoms with Crippen LogP contribution in [-0.4, -0.2) is 98.9 Å². The zero-order valence-corrected chi connectivity index (χ0v) is 35.5. The lowest BCUT2D eigenvalue weighted by Gasteiger charge is -2.13. The molecule has 6 aromatic rings. The molecule has 63 heavy (non-hydrogen) atoms. The molecule has 1 aliphatic heterocycles. The van der Waals surface area contributed by atoms with E-state index in [2.05, 4.69) is 15.7 Å². The molecule has 0 saturated heterocycles. The van der Waals surface area contributed by atoms with Crippen LogP contribution in [0.4, 0.5) is 11.9 Å². The number of rotatable bonds is 11. The van der Waals surface area contributed by atoms with Gasteiger partial charge in [0.2, 0.25) is 23.7 Å². The smallest absolute Gasteiger partial charge is 0.276 e. The maximum Gasteiger partial charge on any atom is 0.276 e. The van der Waals surface area contributed by atoms with Crippen molar-refractivity contribution in [3.8, 4) is 11.5 Å². The molecule has 0 aliphatic carbocycles. The van der Waals surface area contributed by atoms with Gasteiger partial charge in [0.15, 0.2) is 0 Å². The lowest BCUT2D eigenvalue weighted by atomic mass is 10.0. The summed E-state index contributed by atoms with van der Waals surface area (Å²) in [6.45, 7) is 6.76. The summed E-state index contributed by atoms with van der Waals surface area (Å²) < 4.78 is 18.9. The first-order chi connectivity index (χ1) is 30.4. The summed E-state index contributed by atoms with van der Waals surface area (Å²) >= 11 is 0. The molecule has 1 aliphatic rings. The monoisotopic (exact) mass is 864 g/mol.